The molecule has 0 saturated carbocycles. The van der Waals surface area contributed by atoms with Gasteiger partial charge in [-0.2, -0.15) is 18.4 Å². The van der Waals surface area contributed by atoms with E-state index in [0.717, 1.165) is 18.3 Å². The maximum absolute atomic E-state index is 12.2. The van der Waals surface area contributed by atoms with Crippen molar-refractivity contribution in [1.82, 2.24) is 4.98 Å². The number of halogens is 3. The average molecular weight is 210 g/mol. The number of hydrogen-bond donors (Lipinski definition) is 0. The number of pyridine rings is 1. The topological polar surface area (TPSA) is 36.7 Å². The number of rotatable bonds is 0. The molecule has 0 N–H and O–H groups in total. The Kier molecular flexibility index (Phi) is 3.30. The number of nitrogens with zero attached hydrogens (tertiary/aromatic N) is 2. The minimum absolute atomic E-state index is 0.0140. The second-order valence-electron chi connectivity index (χ2n) is 2.56. The molecule has 0 aromatic carbocycles. The van der Waals surface area contributed by atoms with Crippen LogP contribution in [0, 0.1) is 23.2 Å². The van der Waals surface area contributed by atoms with E-state index >= 15 is 0 Å². The van der Waals surface area contributed by atoms with Crippen LogP contribution in [0.2, 0.25) is 0 Å². The lowest BCUT2D eigenvalue weighted by Crippen LogP contribution is -2.05. The van der Waals surface area contributed by atoms with Crippen molar-refractivity contribution in [3.05, 3.63) is 29.6 Å². The van der Waals surface area contributed by atoms with Crippen molar-refractivity contribution in [2.75, 3.05) is 0 Å². The summed E-state index contributed by atoms with van der Waals surface area (Å²) in [4.78, 5) is 3.64. The summed E-state index contributed by atoms with van der Waals surface area (Å²) in [5.41, 5.74) is -0.779. The highest BCUT2D eigenvalue weighted by Gasteiger charge is 2.30. The fourth-order valence-electron chi connectivity index (χ4n) is 0.850. The molecule has 0 radical (unpaired) electrons. The van der Waals surface area contributed by atoms with E-state index in [0.29, 0.717) is 0 Å². The van der Waals surface area contributed by atoms with Gasteiger partial charge in [0.1, 0.15) is 5.69 Å². The third-order valence-corrected chi connectivity index (χ3v) is 1.47. The van der Waals surface area contributed by atoms with Crippen LogP contribution in [0.4, 0.5) is 13.2 Å². The Labute approximate surface area is 84.4 Å². The van der Waals surface area contributed by atoms with E-state index < -0.39 is 11.7 Å². The molecular formula is C10H5F3N2. The second-order valence-corrected chi connectivity index (χ2v) is 2.56. The van der Waals surface area contributed by atoms with Gasteiger partial charge in [0.15, 0.2) is 0 Å². The van der Waals surface area contributed by atoms with Gasteiger partial charge in [0.05, 0.1) is 18.1 Å². The normalized spacial score (nSPS) is 10.0. The van der Waals surface area contributed by atoms with Gasteiger partial charge in [-0.05, 0) is 18.1 Å². The van der Waals surface area contributed by atoms with Crippen molar-refractivity contribution >= 4 is 0 Å². The molecule has 0 aliphatic heterocycles. The van der Waals surface area contributed by atoms with E-state index in [1.54, 1.807) is 6.07 Å². The first-order valence-electron chi connectivity index (χ1n) is 3.93. The van der Waals surface area contributed by atoms with E-state index in [-0.39, 0.29) is 12.1 Å². The van der Waals surface area contributed by atoms with E-state index in [2.05, 4.69) is 16.8 Å². The molecule has 1 heterocycles. The molecule has 0 bridgehead atoms. The van der Waals surface area contributed by atoms with Crippen molar-refractivity contribution in [3.8, 4) is 17.9 Å². The predicted octanol–water partition coefficient (Wildman–Crippen LogP) is 2.37. The summed E-state index contributed by atoms with van der Waals surface area (Å²) in [6.07, 6.45) is -3.38. The van der Waals surface area contributed by atoms with Crippen LogP contribution in [0.3, 0.4) is 0 Å². The van der Waals surface area contributed by atoms with Gasteiger partial charge in [0.25, 0.3) is 0 Å². The molecule has 5 heteroatoms. The Hall–Kier alpha value is -2.01. The zero-order chi connectivity index (χ0) is 11.3. The molecule has 1 aromatic heterocycles. The van der Waals surface area contributed by atoms with Gasteiger partial charge in [-0.1, -0.05) is 5.92 Å². The third kappa shape index (κ3) is 3.32. The fourth-order valence-corrected chi connectivity index (χ4v) is 0.850. The van der Waals surface area contributed by atoms with E-state index in [1.807, 2.05) is 0 Å². The molecule has 0 atom stereocenters. The summed E-state index contributed by atoms with van der Waals surface area (Å²) in [5.74, 6) is 4.76. The molecule has 0 saturated heterocycles. The molecule has 0 amide bonds. The molecule has 1 aromatic rings. The molecule has 0 aliphatic rings. The van der Waals surface area contributed by atoms with Crippen molar-refractivity contribution in [1.29, 1.82) is 5.26 Å². The smallest absolute Gasteiger partial charge is 0.248 e. The lowest BCUT2D eigenvalue weighted by molar-refractivity contribution is -0.137. The number of alkyl halides is 3. The van der Waals surface area contributed by atoms with Gasteiger partial charge in [0, 0.05) is 6.20 Å². The van der Waals surface area contributed by atoms with Crippen LogP contribution in [-0.2, 0) is 6.18 Å². The van der Waals surface area contributed by atoms with Crippen LogP contribution in [0.5, 0.6) is 0 Å². The number of aromatic nitrogens is 1. The Morgan fingerprint density at radius 2 is 2.13 bits per heavy atom. The van der Waals surface area contributed by atoms with Crippen LogP contribution in [0.1, 0.15) is 17.7 Å². The first kappa shape index (κ1) is 11.1. The lowest BCUT2D eigenvalue weighted by Gasteiger charge is -2.05. The zero-order valence-corrected chi connectivity index (χ0v) is 7.47. The van der Waals surface area contributed by atoms with Crippen LogP contribution in [-0.4, -0.2) is 4.98 Å². The van der Waals surface area contributed by atoms with Gasteiger partial charge < -0.3 is 0 Å². The van der Waals surface area contributed by atoms with Gasteiger partial charge in [-0.25, -0.2) is 4.98 Å². The minimum atomic E-state index is -4.39. The number of nitriles is 1. The van der Waals surface area contributed by atoms with Gasteiger partial charge in [-0.3, -0.25) is 0 Å². The summed E-state index contributed by atoms with van der Waals surface area (Å²) >= 11 is 0. The van der Waals surface area contributed by atoms with E-state index in [1.165, 1.54) is 0 Å². The van der Waals surface area contributed by atoms with Crippen LogP contribution in [0.15, 0.2) is 18.3 Å². The van der Waals surface area contributed by atoms with Crippen molar-refractivity contribution in [2.24, 2.45) is 0 Å². The van der Waals surface area contributed by atoms with Crippen molar-refractivity contribution in [2.45, 2.75) is 12.6 Å². The van der Waals surface area contributed by atoms with Crippen LogP contribution in [0.25, 0.3) is 0 Å². The molecule has 76 valence electrons. The Balaban J connectivity index is 2.96. The van der Waals surface area contributed by atoms with Crippen LogP contribution >= 0.6 is 0 Å². The monoisotopic (exact) mass is 210 g/mol. The summed E-state index contributed by atoms with van der Waals surface area (Å²) < 4.78 is 36.7. The van der Waals surface area contributed by atoms with E-state index in [4.69, 9.17) is 5.26 Å². The van der Waals surface area contributed by atoms with Gasteiger partial charge in [-0.15, -0.1) is 0 Å². The van der Waals surface area contributed by atoms with Gasteiger partial charge >= 0.3 is 6.18 Å². The van der Waals surface area contributed by atoms with Gasteiger partial charge in [0.2, 0.25) is 0 Å². The number of hydrogen-bond acceptors (Lipinski definition) is 2. The third-order valence-electron chi connectivity index (χ3n) is 1.47. The summed E-state index contributed by atoms with van der Waals surface area (Å²) in [6.45, 7) is 0. The maximum atomic E-state index is 12.2. The summed E-state index contributed by atoms with van der Waals surface area (Å²) in [5, 5.41) is 8.18. The standard InChI is InChI=1S/C10H5F3N2/c11-10(12,13)8-4-6-15-9(7-8)3-1-2-5-14/h4,6-7H,2H2. The molecular weight excluding hydrogens is 205 g/mol. The van der Waals surface area contributed by atoms with Crippen molar-refractivity contribution < 1.29 is 13.2 Å². The Morgan fingerprint density at radius 3 is 2.73 bits per heavy atom. The molecule has 0 spiro atoms. The summed E-state index contributed by atoms with van der Waals surface area (Å²) in [6, 6.07) is 3.48. The molecule has 15 heavy (non-hydrogen) atoms. The highest BCUT2D eigenvalue weighted by molar-refractivity contribution is 5.32. The predicted molar refractivity (Wildman–Crippen MR) is 46.3 cm³/mol. The Morgan fingerprint density at radius 1 is 1.40 bits per heavy atom. The van der Waals surface area contributed by atoms with Crippen molar-refractivity contribution in [3.63, 3.8) is 0 Å². The molecule has 0 fully saturated rings. The lowest BCUT2D eigenvalue weighted by atomic mass is 10.2. The zero-order valence-electron chi connectivity index (χ0n) is 7.47. The first-order valence-corrected chi connectivity index (χ1v) is 3.93. The average Bonchev–Trinajstić information content (AvgIpc) is 2.17. The Bertz CT molecular complexity index is 446. The molecule has 1 rings (SSSR count). The second kappa shape index (κ2) is 4.47. The first-order chi connectivity index (χ1) is 7.04. The molecule has 0 aliphatic carbocycles. The highest BCUT2D eigenvalue weighted by Crippen LogP contribution is 2.28. The minimum Gasteiger partial charge on any atom is -0.248 e. The quantitative estimate of drug-likeness (QED) is 0.616. The molecule has 0 unspecified atom stereocenters. The van der Waals surface area contributed by atoms with Crippen LogP contribution < -0.4 is 0 Å². The highest BCUT2D eigenvalue weighted by atomic mass is 19.4. The largest absolute Gasteiger partial charge is 0.416 e. The fraction of sp³-hybridized carbons (Fsp3) is 0.200. The SMILES string of the molecule is N#CCC#Cc1cc(C(F)(F)F)ccn1. The molecule has 2 nitrogen and oxygen atoms in total. The summed E-state index contributed by atoms with van der Waals surface area (Å²) in [7, 11) is 0. The van der Waals surface area contributed by atoms with E-state index in [9.17, 15) is 13.2 Å². The maximum Gasteiger partial charge on any atom is 0.416 e.